The Morgan fingerprint density at radius 3 is 2.80 bits per heavy atom. The molecule has 1 aliphatic rings. The van der Waals surface area contributed by atoms with Gasteiger partial charge in [0.15, 0.2) is 0 Å². The number of halogens is 3. The Bertz CT molecular complexity index is 379. The lowest BCUT2D eigenvalue weighted by molar-refractivity contribution is 0.542. The fourth-order valence-corrected chi connectivity index (χ4v) is 2.15. The molecule has 1 nitrogen and oxygen atoms in total. The van der Waals surface area contributed by atoms with Gasteiger partial charge in [-0.15, -0.1) is 0 Å². The molecule has 15 heavy (non-hydrogen) atoms. The Kier molecular flexibility index (Phi) is 3.33. The summed E-state index contributed by atoms with van der Waals surface area (Å²) in [6, 6.07) is 2.77. The fourth-order valence-electron chi connectivity index (χ4n) is 1.66. The zero-order valence-corrected chi connectivity index (χ0v) is 10.5. The molecule has 2 N–H and O–H groups in total. The first-order valence-electron chi connectivity index (χ1n) is 4.98. The molecular weight excluding hydrogens is 280 g/mol. The first-order valence-corrected chi connectivity index (χ1v) is 6.15. The third kappa shape index (κ3) is 2.71. The summed E-state index contributed by atoms with van der Waals surface area (Å²) in [5, 5.41) is 0.512. The SMILES string of the molecule is NC(CC1CC1)c1cc(Cl)c(Br)cc1F. The first-order chi connectivity index (χ1) is 7.08. The van der Waals surface area contributed by atoms with Crippen LogP contribution in [0.1, 0.15) is 30.9 Å². The topological polar surface area (TPSA) is 26.0 Å². The highest BCUT2D eigenvalue weighted by atomic mass is 79.9. The average Bonchev–Trinajstić information content (AvgIpc) is 2.95. The Hall–Kier alpha value is -0.120. The maximum Gasteiger partial charge on any atom is 0.129 e. The highest BCUT2D eigenvalue weighted by Crippen LogP contribution is 2.38. The molecule has 82 valence electrons. The molecule has 0 saturated heterocycles. The second-order valence-electron chi connectivity index (χ2n) is 4.07. The van der Waals surface area contributed by atoms with Gasteiger partial charge in [-0.05, 0) is 40.4 Å². The summed E-state index contributed by atoms with van der Waals surface area (Å²) >= 11 is 9.09. The van der Waals surface area contributed by atoms with Gasteiger partial charge in [0.05, 0.1) is 5.02 Å². The van der Waals surface area contributed by atoms with E-state index in [1.807, 2.05) is 0 Å². The standard InChI is InChI=1S/C11H12BrClFN/c12-8-5-10(14)7(4-9(8)13)11(15)3-6-1-2-6/h4-6,11H,1-3,15H2. The number of rotatable bonds is 3. The normalized spacial score (nSPS) is 17.9. The molecule has 1 fully saturated rings. The van der Waals surface area contributed by atoms with Crippen LogP contribution in [-0.2, 0) is 0 Å². The van der Waals surface area contributed by atoms with Crippen molar-refractivity contribution in [3.63, 3.8) is 0 Å². The highest BCUT2D eigenvalue weighted by molar-refractivity contribution is 9.10. The van der Waals surface area contributed by atoms with Crippen LogP contribution in [0.2, 0.25) is 5.02 Å². The molecule has 1 unspecified atom stereocenters. The third-order valence-corrected chi connectivity index (χ3v) is 3.92. The van der Waals surface area contributed by atoms with Crippen molar-refractivity contribution >= 4 is 27.5 Å². The molecule has 4 heteroatoms. The summed E-state index contributed by atoms with van der Waals surface area (Å²) in [5.41, 5.74) is 6.47. The van der Waals surface area contributed by atoms with Crippen molar-refractivity contribution in [2.24, 2.45) is 11.7 Å². The molecule has 1 saturated carbocycles. The third-order valence-electron chi connectivity index (χ3n) is 2.72. The molecule has 1 atom stereocenters. The van der Waals surface area contributed by atoms with Gasteiger partial charge in [0.25, 0.3) is 0 Å². The van der Waals surface area contributed by atoms with Crippen molar-refractivity contribution in [3.8, 4) is 0 Å². The molecule has 0 heterocycles. The molecule has 0 radical (unpaired) electrons. The zero-order valence-electron chi connectivity index (χ0n) is 8.14. The van der Waals surface area contributed by atoms with Crippen LogP contribution in [0.5, 0.6) is 0 Å². The Labute approximate surface area is 102 Å². The van der Waals surface area contributed by atoms with E-state index in [0.717, 1.165) is 6.42 Å². The lowest BCUT2D eigenvalue weighted by atomic mass is 10.0. The van der Waals surface area contributed by atoms with Crippen molar-refractivity contribution in [1.82, 2.24) is 0 Å². The van der Waals surface area contributed by atoms with Crippen LogP contribution in [0.15, 0.2) is 16.6 Å². The second-order valence-corrected chi connectivity index (χ2v) is 5.33. The first kappa shape index (κ1) is 11.4. The minimum absolute atomic E-state index is 0.233. The molecule has 1 aromatic rings. The number of hydrogen-bond donors (Lipinski definition) is 1. The van der Waals surface area contributed by atoms with Gasteiger partial charge in [-0.1, -0.05) is 24.4 Å². The Morgan fingerprint density at radius 1 is 1.53 bits per heavy atom. The molecule has 0 bridgehead atoms. The van der Waals surface area contributed by atoms with Crippen molar-refractivity contribution in [3.05, 3.63) is 33.0 Å². The predicted octanol–water partition coefficient (Wildman–Crippen LogP) is 4.04. The van der Waals surface area contributed by atoms with E-state index < -0.39 is 0 Å². The van der Waals surface area contributed by atoms with Gasteiger partial charge in [-0.25, -0.2) is 4.39 Å². The number of nitrogens with two attached hydrogens (primary N) is 1. The predicted molar refractivity (Wildman–Crippen MR) is 63.4 cm³/mol. The average molecular weight is 293 g/mol. The van der Waals surface area contributed by atoms with Crippen molar-refractivity contribution in [1.29, 1.82) is 0 Å². The molecule has 1 aliphatic carbocycles. The van der Waals surface area contributed by atoms with Crippen LogP contribution in [0, 0.1) is 11.7 Å². The van der Waals surface area contributed by atoms with Gasteiger partial charge < -0.3 is 5.73 Å². The van der Waals surface area contributed by atoms with E-state index in [4.69, 9.17) is 17.3 Å². The Morgan fingerprint density at radius 2 is 2.20 bits per heavy atom. The minimum atomic E-state index is -0.278. The summed E-state index contributed by atoms with van der Waals surface area (Å²) in [7, 11) is 0. The van der Waals surface area contributed by atoms with Crippen LogP contribution in [0.25, 0.3) is 0 Å². The summed E-state index contributed by atoms with van der Waals surface area (Å²) in [5.74, 6) is 0.404. The van der Waals surface area contributed by atoms with Gasteiger partial charge in [0.1, 0.15) is 5.82 Å². The van der Waals surface area contributed by atoms with E-state index in [1.54, 1.807) is 6.07 Å². The second kappa shape index (κ2) is 4.40. The van der Waals surface area contributed by atoms with Gasteiger partial charge in [-0.3, -0.25) is 0 Å². The van der Waals surface area contributed by atoms with Crippen molar-refractivity contribution in [2.45, 2.75) is 25.3 Å². The number of benzene rings is 1. The van der Waals surface area contributed by atoms with Crippen LogP contribution < -0.4 is 5.73 Å². The summed E-state index contributed by atoms with van der Waals surface area (Å²) in [6.07, 6.45) is 3.30. The molecule has 0 amide bonds. The van der Waals surface area contributed by atoms with Gasteiger partial charge >= 0.3 is 0 Å². The molecule has 0 aliphatic heterocycles. The lowest BCUT2D eigenvalue weighted by Crippen LogP contribution is -2.13. The maximum atomic E-state index is 13.6. The Balaban J connectivity index is 2.21. The lowest BCUT2D eigenvalue weighted by Gasteiger charge is -2.13. The maximum absolute atomic E-state index is 13.6. The molecule has 0 spiro atoms. The van der Waals surface area contributed by atoms with Gasteiger partial charge in [0, 0.05) is 16.1 Å². The largest absolute Gasteiger partial charge is 0.324 e. The van der Waals surface area contributed by atoms with E-state index >= 15 is 0 Å². The highest BCUT2D eigenvalue weighted by Gasteiger charge is 2.26. The monoisotopic (exact) mass is 291 g/mol. The minimum Gasteiger partial charge on any atom is -0.324 e. The van der Waals surface area contributed by atoms with E-state index in [-0.39, 0.29) is 11.9 Å². The summed E-state index contributed by atoms with van der Waals surface area (Å²) in [4.78, 5) is 0. The molecule has 0 aromatic heterocycles. The van der Waals surface area contributed by atoms with Crippen molar-refractivity contribution < 1.29 is 4.39 Å². The van der Waals surface area contributed by atoms with Crippen LogP contribution in [0.4, 0.5) is 4.39 Å². The molecule has 1 aromatic carbocycles. The number of hydrogen-bond acceptors (Lipinski definition) is 1. The van der Waals surface area contributed by atoms with E-state index in [2.05, 4.69) is 15.9 Å². The van der Waals surface area contributed by atoms with E-state index in [0.29, 0.717) is 21.0 Å². The fraction of sp³-hybridized carbons (Fsp3) is 0.455. The van der Waals surface area contributed by atoms with Gasteiger partial charge in [-0.2, -0.15) is 0 Å². The van der Waals surface area contributed by atoms with E-state index in [9.17, 15) is 4.39 Å². The van der Waals surface area contributed by atoms with Gasteiger partial charge in [0.2, 0.25) is 0 Å². The van der Waals surface area contributed by atoms with Crippen LogP contribution in [0.3, 0.4) is 0 Å². The summed E-state index contributed by atoms with van der Waals surface area (Å²) in [6.45, 7) is 0. The van der Waals surface area contributed by atoms with Crippen molar-refractivity contribution in [2.75, 3.05) is 0 Å². The van der Waals surface area contributed by atoms with E-state index in [1.165, 1.54) is 18.9 Å². The molecule has 2 rings (SSSR count). The van der Waals surface area contributed by atoms with Crippen LogP contribution >= 0.6 is 27.5 Å². The smallest absolute Gasteiger partial charge is 0.129 e. The summed E-state index contributed by atoms with van der Waals surface area (Å²) < 4.78 is 14.2. The quantitative estimate of drug-likeness (QED) is 0.836. The zero-order chi connectivity index (χ0) is 11.0. The molecular formula is C11H12BrClFN. The van der Waals surface area contributed by atoms with Crippen LogP contribution in [-0.4, -0.2) is 0 Å².